The van der Waals surface area contributed by atoms with Crippen LogP contribution >= 0.6 is 0 Å². The Morgan fingerprint density at radius 2 is 1.78 bits per heavy atom. The maximum atomic E-state index is 3.51. The first-order valence-electron chi connectivity index (χ1n) is 7.06. The highest BCUT2D eigenvalue weighted by Crippen LogP contribution is 2.16. The van der Waals surface area contributed by atoms with Gasteiger partial charge in [0.15, 0.2) is 0 Å². The summed E-state index contributed by atoms with van der Waals surface area (Å²) >= 11 is 0. The summed E-state index contributed by atoms with van der Waals surface area (Å²) in [4.78, 5) is 0. The number of hydrogen-bond donors (Lipinski definition) is 1. The molecule has 0 amide bonds. The third-order valence-corrected chi connectivity index (χ3v) is 3.38. The van der Waals surface area contributed by atoms with Crippen molar-refractivity contribution < 1.29 is 0 Å². The van der Waals surface area contributed by atoms with Crippen LogP contribution in [0.2, 0.25) is 0 Å². The molecule has 0 fully saturated rings. The second-order valence-electron chi connectivity index (χ2n) is 5.39. The van der Waals surface area contributed by atoms with Gasteiger partial charge in [-0.3, -0.25) is 0 Å². The van der Waals surface area contributed by atoms with E-state index in [1.807, 2.05) is 0 Å². The normalized spacial score (nSPS) is 14.0. The fourth-order valence-electron chi connectivity index (χ4n) is 1.89. The largest absolute Gasteiger partial charge is 0.311 e. The second-order valence-corrected chi connectivity index (χ2v) is 5.39. The van der Waals surface area contributed by atoms with Crippen molar-refractivity contribution in [1.82, 2.24) is 5.32 Å². The van der Waals surface area contributed by atoms with Crippen molar-refractivity contribution in [2.45, 2.75) is 53.0 Å². The Morgan fingerprint density at radius 3 is 2.28 bits per heavy atom. The van der Waals surface area contributed by atoms with Gasteiger partial charge in [-0.15, -0.1) is 0 Å². The molecule has 0 saturated heterocycles. The summed E-state index contributed by atoms with van der Waals surface area (Å²) in [5.41, 5.74) is 4.09. The number of hydrogen-bond acceptors (Lipinski definition) is 1. The minimum atomic E-state index is 0.453. The lowest BCUT2D eigenvalue weighted by molar-refractivity contribution is 0.604. The molecule has 0 aliphatic heterocycles. The average Bonchev–Trinajstić information content (AvgIpc) is 2.36. The summed E-state index contributed by atoms with van der Waals surface area (Å²) in [6, 6.07) is 9.34. The molecule has 100 valence electrons. The van der Waals surface area contributed by atoms with Crippen molar-refractivity contribution in [3.05, 3.63) is 41.0 Å². The summed E-state index contributed by atoms with van der Waals surface area (Å²) in [5, 5.41) is 3.51. The Kier molecular flexibility index (Phi) is 6.14. The molecule has 1 aromatic rings. The molecule has 1 N–H and O–H groups in total. The third-order valence-electron chi connectivity index (χ3n) is 3.38. The van der Waals surface area contributed by atoms with Crippen LogP contribution in [-0.4, -0.2) is 12.6 Å². The quantitative estimate of drug-likeness (QED) is 0.772. The Hall–Kier alpha value is -1.08. The first-order valence-corrected chi connectivity index (χ1v) is 7.06. The zero-order valence-electron chi connectivity index (χ0n) is 12.5. The minimum absolute atomic E-state index is 0.453. The predicted molar refractivity (Wildman–Crippen MR) is 81.9 cm³/mol. The molecule has 0 aliphatic carbocycles. The molecule has 0 heterocycles. The third kappa shape index (κ3) is 4.66. The topological polar surface area (TPSA) is 12.0 Å². The van der Waals surface area contributed by atoms with Crippen LogP contribution in [-0.2, 0) is 0 Å². The lowest BCUT2D eigenvalue weighted by Gasteiger charge is -2.14. The molecular weight excluding hydrogens is 218 g/mol. The first-order chi connectivity index (χ1) is 8.54. The zero-order valence-corrected chi connectivity index (χ0v) is 12.5. The monoisotopic (exact) mass is 245 g/mol. The fraction of sp³-hybridized carbons (Fsp3) is 0.529. The molecule has 0 aliphatic rings. The van der Waals surface area contributed by atoms with E-state index in [0.29, 0.717) is 12.0 Å². The second kappa shape index (κ2) is 7.38. The van der Waals surface area contributed by atoms with Crippen LogP contribution in [0.4, 0.5) is 0 Å². The van der Waals surface area contributed by atoms with Gasteiger partial charge in [-0.25, -0.2) is 0 Å². The summed E-state index contributed by atoms with van der Waals surface area (Å²) in [6.45, 7) is 12.2. The van der Waals surface area contributed by atoms with Gasteiger partial charge in [0.2, 0.25) is 0 Å². The maximum Gasteiger partial charge on any atom is 0.0251 e. The molecule has 0 spiro atoms. The van der Waals surface area contributed by atoms with E-state index in [0.717, 1.165) is 6.54 Å². The molecule has 1 unspecified atom stereocenters. The molecule has 1 atom stereocenters. The highest BCUT2D eigenvalue weighted by atomic mass is 14.9. The van der Waals surface area contributed by atoms with E-state index in [1.165, 1.54) is 23.1 Å². The molecule has 0 bridgehead atoms. The molecule has 0 aromatic heterocycles. The highest BCUT2D eigenvalue weighted by molar-refractivity contribution is 5.54. The molecule has 1 aromatic carbocycles. The van der Waals surface area contributed by atoms with Gasteiger partial charge in [-0.2, -0.15) is 0 Å². The zero-order chi connectivity index (χ0) is 13.5. The van der Waals surface area contributed by atoms with Gasteiger partial charge in [0, 0.05) is 6.04 Å². The Balaban J connectivity index is 2.69. The lowest BCUT2D eigenvalue weighted by Crippen LogP contribution is -2.27. The van der Waals surface area contributed by atoms with Gasteiger partial charge in [-0.05, 0) is 43.9 Å². The molecule has 0 saturated carbocycles. The molecule has 1 heteroatoms. The van der Waals surface area contributed by atoms with Gasteiger partial charge >= 0.3 is 0 Å². The summed E-state index contributed by atoms with van der Waals surface area (Å²) in [6.07, 6.45) is 3.46. The van der Waals surface area contributed by atoms with Crippen LogP contribution in [0.25, 0.3) is 6.08 Å². The number of nitrogens with one attached hydrogen (secondary N) is 1. The number of rotatable bonds is 6. The van der Waals surface area contributed by atoms with E-state index >= 15 is 0 Å². The van der Waals surface area contributed by atoms with Gasteiger partial charge < -0.3 is 5.32 Å². The van der Waals surface area contributed by atoms with E-state index in [4.69, 9.17) is 0 Å². The molecule has 0 radical (unpaired) electrons. The van der Waals surface area contributed by atoms with Gasteiger partial charge in [0.05, 0.1) is 0 Å². The van der Waals surface area contributed by atoms with Crippen molar-refractivity contribution >= 4 is 6.08 Å². The Morgan fingerprint density at radius 1 is 1.17 bits per heavy atom. The molecule has 1 rings (SSSR count). The van der Waals surface area contributed by atoms with Crippen LogP contribution in [0.1, 0.15) is 58.1 Å². The summed E-state index contributed by atoms with van der Waals surface area (Å²) < 4.78 is 0. The van der Waals surface area contributed by atoms with Crippen molar-refractivity contribution in [2.24, 2.45) is 0 Å². The Bertz CT molecular complexity index is 373. The van der Waals surface area contributed by atoms with Crippen LogP contribution < -0.4 is 5.32 Å². The van der Waals surface area contributed by atoms with E-state index in [9.17, 15) is 0 Å². The van der Waals surface area contributed by atoms with Crippen LogP contribution in [0.3, 0.4) is 0 Å². The van der Waals surface area contributed by atoms with Crippen molar-refractivity contribution in [1.29, 1.82) is 0 Å². The van der Waals surface area contributed by atoms with Gasteiger partial charge in [-0.1, -0.05) is 56.7 Å². The van der Waals surface area contributed by atoms with E-state index in [2.05, 4.69) is 70.3 Å². The van der Waals surface area contributed by atoms with Crippen molar-refractivity contribution in [3.63, 3.8) is 0 Å². The molecule has 1 nitrogen and oxygen atoms in total. The predicted octanol–water partition coefficient (Wildman–Crippen LogP) is 4.60. The maximum absolute atomic E-state index is 3.51. The fourth-order valence-corrected chi connectivity index (χ4v) is 1.89. The van der Waals surface area contributed by atoms with Crippen molar-refractivity contribution in [3.8, 4) is 0 Å². The summed E-state index contributed by atoms with van der Waals surface area (Å²) in [7, 11) is 0. The first kappa shape index (κ1) is 15.0. The lowest BCUT2D eigenvalue weighted by atomic mass is 10.0. The van der Waals surface area contributed by atoms with Gasteiger partial charge in [0.1, 0.15) is 0 Å². The minimum Gasteiger partial charge on any atom is -0.311 e. The highest BCUT2D eigenvalue weighted by Gasteiger charge is 2.03. The van der Waals surface area contributed by atoms with E-state index in [-0.39, 0.29) is 0 Å². The summed E-state index contributed by atoms with van der Waals surface area (Å²) in [5.74, 6) is 0.606. The van der Waals surface area contributed by atoms with Gasteiger partial charge in [0.25, 0.3) is 0 Å². The SMILES string of the molecule is CCCNC(C)/C(C)=C/c1ccc(C(C)C)cc1. The van der Waals surface area contributed by atoms with Crippen LogP contribution in [0.5, 0.6) is 0 Å². The smallest absolute Gasteiger partial charge is 0.0251 e. The number of benzene rings is 1. The Labute approximate surface area is 112 Å². The van der Waals surface area contributed by atoms with Crippen molar-refractivity contribution in [2.75, 3.05) is 6.54 Å². The van der Waals surface area contributed by atoms with E-state index in [1.54, 1.807) is 0 Å². The average molecular weight is 245 g/mol. The van der Waals surface area contributed by atoms with Crippen LogP contribution in [0.15, 0.2) is 29.8 Å². The van der Waals surface area contributed by atoms with Crippen LogP contribution in [0, 0.1) is 0 Å². The molecule has 18 heavy (non-hydrogen) atoms. The van der Waals surface area contributed by atoms with E-state index < -0.39 is 0 Å². The molecular formula is C17H27N. The standard InChI is InChI=1S/C17H27N/c1-6-11-18-15(5)14(4)12-16-7-9-17(10-8-16)13(2)3/h7-10,12-13,15,18H,6,11H2,1-5H3/b14-12+.